The van der Waals surface area contributed by atoms with Gasteiger partial charge in [0.1, 0.15) is 16.5 Å². The lowest BCUT2D eigenvalue weighted by Crippen LogP contribution is -2.23. The third kappa shape index (κ3) is 2.72. The molecule has 0 saturated heterocycles. The average Bonchev–Trinajstić information content (AvgIpc) is 2.27. The smallest absolute Gasteiger partial charge is 0.387 e. The molecule has 0 spiro atoms. The number of alkyl halides is 2. The van der Waals surface area contributed by atoms with E-state index in [0.717, 1.165) is 16.7 Å². The first kappa shape index (κ1) is 14.3. The van der Waals surface area contributed by atoms with Crippen molar-refractivity contribution in [1.82, 2.24) is 9.29 Å². The highest BCUT2D eigenvalue weighted by Crippen LogP contribution is 2.26. The van der Waals surface area contributed by atoms with Crippen LogP contribution in [0.2, 0.25) is 0 Å². The molecule has 1 aromatic heterocycles. The molecule has 0 aromatic carbocycles. The van der Waals surface area contributed by atoms with Gasteiger partial charge in [-0.25, -0.2) is 12.7 Å². The van der Waals surface area contributed by atoms with Gasteiger partial charge in [0.25, 0.3) is 0 Å². The van der Waals surface area contributed by atoms with E-state index in [1.165, 1.54) is 20.2 Å². The van der Waals surface area contributed by atoms with Crippen molar-refractivity contribution < 1.29 is 21.9 Å². The Labute approximate surface area is 102 Å². The number of aromatic nitrogens is 1. The third-order valence-electron chi connectivity index (χ3n) is 1.96. The highest BCUT2D eigenvalue weighted by molar-refractivity contribution is 7.89. The Morgan fingerprint density at radius 3 is 2.50 bits per heavy atom. The number of sulfonamides is 1. The van der Waals surface area contributed by atoms with Crippen LogP contribution >= 0.6 is 0 Å². The molecule has 0 aliphatic heterocycles. The van der Waals surface area contributed by atoms with E-state index < -0.39 is 32.8 Å². The lowest BCUT2D eigenvalue weighted by molar-refractivity contribution is -0.0504. The first-order valence-electron chi connectivity index (χ1n) is 4.56. The quantitative estimate of drug-likeness (QED) is 0.813. The molecule has 18 heavy (non-hydrogen) atoms. The second-order valence-electron chi connectivity index (χ2n) is 3.29. The summed E-state index contributed by atoms with van der Waals surface area (Å²) < 4.78 is 52.8. The van der Waals surface area contributed by atoms with Crippen molar-refractivity contribution in [2.24, 2.45) is 0 Å². The Morgan fingerprint density at radius 1 is 1.44 bits per heavy atom. The maximum absolute atomic E-state index is 12.1. The van der Waals surface area contributed by atoms with Gasteiger partial charge in [-0.1, -0.05) is 0 Å². The minimum atomic E-state index is -3.95. The molecule has 0 saturated carbocycles. The first-order chi connectivity index (χ1) is 8.30. The Kier molecular flexibility index (Phi) is 4.15. The van der Waals surface area contributed by atoms with Crippen LogP contribution in [0.3, 0.4) is 0 Å². The van der Waals surface area contributed by atoms with Crippen molar-refractivity contribution in [3.05, 3.63) is 18.0 Å². The zero-order valence-corrected chi connectivity index (χ0v) is 10.3. The molecular formula is C9H9F2N3O3S. The number of nitriles is 1. The zero-order valence-electron chi connectivity index (χ0n) is 9.46. The second kappa shape index (κ2) is 5.24. The number of halogens is 2. The molecule has 1 rings (SSSR count). The zero-order chi connectivity index (χ0) is 13.9. The topological polar surface area (TPSA) is 83.3 Å². The van der Waals surface area contributed by atoms with E-state index in [4.69, 9.17) is 5.26 Å². The first-order valence-corrected chi connectivity index (χ1v) is 6.00. The van der Waals surface area contributed by atoms with Crippen molar-refractivity contribution in [2.75, 3.05) is 14.1 Å². The van der Waals surface area contributed by atoms with Crippen LogP contribution in [0, 0.1) is 11.3 Å². The van der Waals surface area contributed by atoms with Crippen molar-refractivity contribution in [2.45, 2.75) is 11.5 Å². The van der Waals surface area contributed by atoms with E-state index in [-0.39, 0.29) is 0 Å². The average molecular weight is 277 g/mol. The largest absolute Gasteiger partial charge is 0.432 e. The summed E-state index contributed by atoms with van der Waals surface area (Å²) in [6.07, 6.45) is 1.77. The van der Waals surface area contributed by atoms with Gasteiger partial charge in [-0.3, -0.25) is 4.98 Å². The Hall–Kier alpha value is -1.79. The van der Waals surface area contributed by atoms with Gasteiger partial charge in [0.15, 0.2) is 5.75 Å². The van der Waals surface area contributed by atoms with Gasteiger partial charge < -0.3 is 4.74 Å². The number of pyridine rings is 1. The van der Waals surface area contributed by atoms with Crippen LogP contribution in [0.1, 0.15) is 5.56 Å². The van der Waals surface area contributed by atoms with Crippen molar-refractivity contribution in [3.8, 4) is 11.8 Å². The highest BCUT2D eigenvalue weighted by Gasteiger charge is 2.25. The van der Waals surface area contributed by atoms with Gasteiger partial charge in [-0.05, 0) is 0 Å². The normalized spacial score (nSPS) is 11.6. The summed E-state index contributed by atoms with van der Waals surface area (Å²) in [5.74, 6) is -0.574. The third-order valence-corrected chi connectivity index (χ3v) is 3.79. The highest BCUT2D eigenvalue weighted by atomic mass is 32.2. The SMILES string of the molecule is CN(C)S(=O)(=O)c1cncc(OC(F)F)c1C#N. The molecule has 0 aliphatic rings. The Bertz CT molecular complexity index is 581. The van der Waals surface area contributed by atoms with Crippen LogP contribution < -0.4 is 4.74 Å². The van der Waals surface area contributed by atoms with Crippen molar-refractivity contribution in [3.63, 3.8) is 0 Å². The van der Waals surface area contributed by atoms with Crippen LogP contribution in [0.15, 0.2) is 17.3 Å². The molecule has 9 heteroatoms. The molecule has 1 heterocycles. The van der Waals surface area contributed by atoms with Crippen LogP contribution in [-0.2, 0) is 10.0 Å². The van der Waals surface area contributed by atoms with Crippen LogP contribution in [0.4, 0.5) is 8.78 Å². The van der Waals surface area contributed by atoms with Gasteiger partial charge >= 0.3 is 6.61 Å². The summed E-state index contributed by atoms with van der Waals surface area (Å²) in [6.45, 7) is -3.17. The summed E-state index contributed by atoms with van der Waals surface area (Å²) in [4.78, 5) is 3.00. The molecule has 0 atom stereocenters. The molecule has 1 aromatic rings. The predicted molar refractivity (Wildman–Crippen MR) is 56.5 cm³/mol. The van der Waals surface area contributed by atoms with Gasteiger partial charge in [-0.15, -0.1) is 0 Å². The molecule has 0 radical (unpaired) electrons. The van der Waals surface area contributed by atoms with Crippen LogP contribution in [0.5, 0.6) is 5.75 Å². The lowest BCUT2D eigenvalue weighted by Gasteiger charge is -2.14. The van der Waals surface area contributed by atoms with E-state index in [1.54, 1.807) is 0 Å². The standard InChI is InChI=1S/C9H9F2N3O3S/c1-14(2)18(15,16)8-5-13-4-7(6(8)3-12)17-9(10)11/h4-5,9H,1-2H3. The number of nitrogens with zero attached hydrogens (tertiary/aromatic N) is 3. The molecule has 0 bridgehead atoms. The summed E-state index contributed by atoms with van der Waals surface area (Å²) in [5.41, 5.74) is -0.501. The second-order valence-corrected chi connectivity index (χ2v) is 5.41. The van der Waals surface area contributed by atoms with Crippen LogP contribution in [-0.4, -0.2) is 38.4 Å². The Balaban J connectivity index is 3.45. The Morgan fingerprint density at radius 2 is 2.06 bits per heavy atom. The lowest BCUT2D eigenvalue weighted by atomic mass is 10.3. The maximum atomic E-state index is 12.1. The fourth-order valence-corrected chi connectivity index (χ4v) is 2.10. The summed E-state index contributed by atoms with van der Waals surface area (Å²) in [5, 5.41) is 8.87. The fourth-order valence-electron chi connectivity index (χ4n) is 1.11. The van der Waals surface area contributed by atoms with Gasteiger partial charge in [0.05, 0.1) is 6.20 Å². The van der Waals surface area contributed by atoms with Crippen molar-refractivity contribution in [1.29, 1.82) is 5.26 Å². The molecule has 0 aliphatic carbocycles. The molecular weight excluding hydrogens is 268 g/mol. The summed E-state index contributed by atoms with van der Waals surface area (Å²) in [6, 6.07) is 1.53. The van der Waals surface area contributed by atoms with E-state index >= 15 is 0 Å². The molecule has 0 amide bonds. The monoisotopic (exact) mass is 277 g/mol. The molecule has 6 nitrogen and oxygen atoms in total. The van der Waals surface area contributed by atoms with E-state index in [2.05, 4.69) is 9.72 Å². The van der Waals surface area contributed by atoms with Gasteiger partial charge in [0, 0.05) is 20.3 Å². The van der Waals surface area contributed by atoms with Gasteiger partial charge in [-0.2, -0.15) is 14.0 Å². The molecule has 0 unspecified atom stereocenters. The van der Waals surface area contributed by atoms with E-state index in [0.29, 0.717) is 0 Å². The van der Waals surface area contributed by atoms with Gasteiger partial charge in [0.2, 0.25) is 10.0 Å². The molecule has 0 fully saturated rings. The molecule has 98 valence electrons. The summed E-state index contributed by atoms with van der Waals surface area (Å²) >= 11 is 0. The number of hydrogen-bond acceptors (Lipinski definition) is 5. The van der Waals surface area contributed by atoms with Crippen LogP contribution in [0.25, 0.3) is 0 Å². The predicted octanol–water partition coefficient (Wildman–Crippen LogP) is 0.805. The number of hydrogen-bond donors (Lipinski definition) is 0. The van der Waals surface area contributed by atoms with Crippen molar-refractivity contribution >= 4 is 10.0 Å². The van der Waals surface area contributed by atoms with E-state index in [1.807, 2.05) is 0 Å². The molecule has 0 N–H and O–H groups in total. The maximum Gasteiger partial charge on any atom is 0.387 e. The number of rotatable bonds is 4. The van der Waals surface area contributed by atoms with E-state index in [9.17, 15) is 17.2 Å². The number of ether oxygens (including phenoxy) is 1. The minimum absolute atomic E-state index is 0.479. The summed E-state index contributed by atoms with van der Waals surface area (Å²) in [7, 11) is -1.46. The minimum Gasteiger partial charge on any atom is -0.432 e. The fraction of sp³-hybridized carbons (Fsp3) is 0.333.